The minimum Gasteiger partial charge on any atom is -0.396 e. The number of thiazole rings is 1. The third-order valence-corrected chi connectivity index (χ3v) is 8.14. The first-order valence-corrected chi connectivity index (χ1v) is 10.4. The lowest BCUT2D eigenvalue weighted by Crippen LogP contribution is -2.57. The Morgan fingerprint density at radius 2 is 2.19 bits per heavy atom. The average molecular weight is 391 g/mol. The zero-order chi connectivity index (χ0) is 20.0. The molecule has 1 aromatic heterocycles. The third-order valence-electron chi connectivity index (χ3n) is 7.13. The van der Waals surface area contributed by atoms with Crippen LogP contribution < -0.4 is 0 Å². The summed E-state index contributed by atoms with van der Waals surface area (Å²) in [7, 11) is 1.74. The number of carbonyl (C=O) groups is 1. The normalized spacial score (nSPS) is 35.1. The molecular weight excluding hydrogens is 360 g/mol. The Labute approximate surface area is 165 Å². The molecule has 0 bridgehead atoms. The van der Waals surface area contributed by atoms with E-state index in [1.54, 1.807) is 23.3 Å². The topological polar surface area (TPSA) is 73.7 Å². The van der Waals surface area contributed by atoms with Crippen LogP contribution in [0.5, 0.6) is 0 Å². The van der Waals surface area contributed by atoms with E-state index in [-0.39, 0.29) is 29.8 Å². The fraction of sp³-hybridized carbons (Fsp3) is 0.714. The van der Waals surface area contributed by atoms with Crippen molar-refractivity contribution in [1.82, 2.24) is 9.88 Å². The number of rotatable bonds is 4. The molecule has 1 saturated carbocycles. The van der Waals surface area contributed by atoms with Gasteiger partial charge in [-0.1, -0.05) is 19.8 Å². The summed E-state index contributed by atoms with van der Waals surface area (Å²) >= 11 is 1.67. The van der Waals surface area contributed by atoms with Gasteiger partial charge < -0.3 is 15.1 Å². The molecule has 1 amide bonds. The second kappa shape index (κ2) is 7.20. The molecule has 1 heterocycles. The van der Waals surface area contributed by atoms with Crippen LogP contribution >= 0.6 is 11.3 Å². The van der Waals surface area contributed by atoms with Crippen molar-refractivity contribution in [2.75, 3.05) is 20.2 Å². The number of terminal acetylenes is 1. The van der Waals surface area contributed by atoms with Gasteiger partial charge in [-0.05, 0) is 37.5 Å². The zero-order valence-corrected chi connectivity index (χ0v) is 17.5. The van der Waals surface area contributed by atoms with Crippen molar-refractivity contribution >= 4 is 17.2 Å². The largest absolute Gasteiger partial charge is 0.396 e. The van der Waals surface area contributed by atoms with Crippen LogP contribution in [0.3, 0.4) is 0 Å². The lowest BCUT2D eigenvalue weighted by molar-refractivity contribution is -0.146. The number of hydrogen-bond donors (Lipinski definition) is 2. The first-order chi connectivity index (χ1) is 12.7. The van der Waals surface area contributed by atoms with Crippen molar-refractivity contribution in [1.29, 1.82) is 0 Å². The van der Waals surface area contributed by atoms with Crippen LogP contribution in [-0.2, 0) is 11.2 Å². The van der Waals surface area contributed by atoms with Crippen molar-refractivity contribution in [2.45, 2.75) is 58.5 Å². The fourth-order valence-electron chi connectivity index (χ4n) is 5.32. The van der Waals surface area contributed by atoms with E-state index in [0.29, 0.717) is 19.4 Å². The molecule has 2 aliphatic carbocycles. The molecule has 3 rings (SSSR count). The monoisotopic (exact) mass is 390 g/mol. The van der Waals surface area contributed by atoms with E-state index in [0.717, 1.165) is 23.5 Å². The molecule has 0 radical (unpaired) electrons. The summed E-state index contributed by atoms with van der Waals surface area (Å²) in [5.41, 5.74) is 0.265. The molecule has 2 aliphatic rings. The quantitative estimate of drug-likeness (QED) is 0.774. The van der Waals surface area contributed by atoms with Crippen LogP contribution in [0, 0.1) is 36.0 Å². The van der Waals surface area contributed by atoms with Gasteiger partial charge in [-0.15, -0.1) is 17.8 Å². The van der Waals surface area contributed by atoms with Gasteiger partial charge >= 0.3 is 0 Å². The smallest absolute Gasteiger partial charge is 0.223 e. The highest BCUT2D eigenvalue weighted by Crippen LogP contribution is 2.62. The number of aromatic nitrogens is 1. The van der Waals surface area contributed by atoms with E-state index in [1.165, 1.54) is 4.88 Å². The number of aryl methyl sites for hydroxylation is 1. The lowest BCUT2D eigenvalue weighted by atomic mass is 9.47. The molecule has 5 atom stereocenters. The number of nitrogens with zero attached hydrogens (tertiary/aromatic N) is 2. The maximum absolute atomic E-state index is 12.8. The van der Waals surface area contributed by atoms with Crippen LogP contribution in [0.15, 0.2) is 0 Å². The molecule has 148 valence electrons. The summed E-state index contributed by atoms with van der Waals surface area (Å²) in [6.07, 6.45) is 7.46. The minimum absolute atomic E-state index is 0.0215. The number of hydrogen-bond acceptors (Lipinski definition) is 5. The van der Waals surface area contributed by atoms with Gasteiger partial charge in [-0.25, -0.2) is 4.98 Å². The molecule has 1 aromatic rings. The van der Waals surface area contributed by atoms with Gasteiger partial charge in [0, 0.05) is 29.7 Å². The number of amides is 1. The molecule has 0 aromatic carbocycles. The first kappa shape index (κ1) is 20.3. The van der Waals surface area contributed by atoms with Gasteiger partial charge in [0.2, 0.25) is 5.91 Å². The Morgan fingerprint density at radius 3 is 2.81 bits per heavy atom. The zero-order valence-electron chi connectivity index (χ0n) is 16.7. The van der Waals surface area contributed by atoms with E-state index in [2.05, 4.69) is 12.8 Å². The van der Waals surface area contributed by atoms with E-state index in [9.17, 15) is 15.0 Å². The SMILES string of the molecule is C#CCN(C)C(=O)CC1c2nc(C)sc2CC2C(C)(CO)C(O)CCC12C. The van der Waals surface area contributed by atoms with Crippen LogP contribution in [0.25, 0.3) is 0 Å². The van der Waals surface area contributed by atoms with Crippen LogP contribution in [0.1, 0.15) is 54.6 Å². The Morgan fingerprint density at radius 1 is 1.48 bits per heavy atom. The molecule has 5 nitrogen and oxygen atoms in total. The third kappa shape index (κ3) is 3.20. The molecule has 1 fully saturated rings. The highest BCUT2D eigenvalue weighted by molar-refractivity contribution is 7.11. The van der Waals surface area contributed by atoms with Crippen molar-refractivity contribution in [3.05, 3.63) is 15.6 Å². The van der Waals surface area contributed by atoms with Gasteiger partial charge in [0.1, 0.15) is 0 Å². The molecule has 6 heteroatoms. The van der Waals surface area contributed by atoms with Gasteiger partial charge in [-0.2, -0.15) is 0 Å². The predicted octanol–water partition coefficient (Wildman–Crippen LogP) is 2.35. The Hall–Kier alpha value is -1.42. The predicted molar refractivity (Wildman–Crippen MR) is 106 cm³/mol. The van der Waals surface area contributed by atoms with Crippen molar-refractivity contribution in [2.24, 2.45) is 16.7 Å². The van der Waals surface area contributed by atoms with Gasteiger partial charge in [0.25, 0.3) is 0 Å². The molecule has 0 spiro atoms. The van der Waals surface area contributed by atoms with Gasteiger partial charge in [0.15, 0.2) is 0 Å². The van der Waals surface area contributed by atoms with Crippen molar-refractivity contribution in [3.63, 3.8) is 0 Å². The Kier molecular flexibility index (Phi) is 5.42. The molecule has 5 unspecified atom stereocenters. The summed E-state index contributed by atoms with van der Waals surface area (Å²) in [6, 6.07) is 0. The summed E-state index contributed by atoms with van der Waals surface area (Å²) in [5.74, 6) is 2.62. The second-order valence-corrected chi connectivity index (χ2v) is 10.0. The lowest BCUT2D eigenvalue weighted by Gasteiger charge is -2.58. The van der Waals surface area contributed by atoms with E-state index < -0.39 is 11.5 Å². The Bertz CT molecular complexity index is 770. The fourth-order valence-corrected chi connectivity index (χ4v) is 6.37. The first-order valence-electron chi connectivity index (χ1n) is 9.60. The van der Waals surface area contributed by atoms with E-state index in [1.807, 2.05) is 13.8 Å². The average Bonchev–Trinajstić information content (AvgIpc) is 3.00. The van der Waals surface area contributed by atoms with Gasteiger partial charge in [-0.3, -0.25) is 4.79 Å². The molecule has 0 aliphatic heterocycles. The van der Waals surface area contributed by atoms with Crippen LogP contribution in [0.4, 0.5) is 0 Å². The molecular formula is C21H30N2O3S. The van der Waals surface area contributed by atoms with Gasteiger partial charge in [0.05, 0.1) is 30.0 Å². The maximum Gasteiger partial charge on any atom is 0.223 e. The summed E-state index contributed by atoms with van der Waals surface area (Å²) in [5, 5.41) is 21.9. The van der Waals surface area contributed by atoms with Crippen LogP contribution in [-0.4, -0.2) is 52.3 Å². The second-order valence-electron chi connectivity index (χ2n) is 8.73. The number of aliphatic hydroxyl groups excluding tert-OH is 2. The molecule has 0 saturated heterocycles. The molecule has 2 N–H and O–H groups in total. The highest BCUT2D eigenvalue weighted by atomic mass is 32.1. The van der Waals surface area contributed by atoms with E-state index in [4.69, 9.17) is 11.4 Å². The minimum atomic E-state index is -0.575. The number of fused-ring (bicyclic) bond motifs is 2. The van der Waals surface area contributed by atoms with Crippen LogP contribution in [0.2, 0.25) is 0 Å². The summed E-state index contributed by atoms with van der Waals surface area (Å²) in [6.45, 7) is 6.44. The van der Waals surface area contributed by atoms with Crippen molar-refractivity contribution in [3.8, 4) is 12.3 Å². The maximum atomic E-state index is 12.8. The Balaban J connectivity index is 2.04. The summed E-state index contributed by atoms with van der Waals surface area (Å²) < 4.78 is 0. The molecule has 27 heavy (non-hydrogen) atoms. The standard InChI is InChI=1S/C21H30N2O3S/c1-6-9-23(5)18(26)10-14-19-15(27-13(2)22-19)11-16-20(14,3)8-7-17(25)21(16,4)12-24/h1,14,16-17,24-25H,7-12H2,2-5H3. The van der Waals surface area contributed by atoms with E-state index >= 15 is 0 Å². The highest BCUT2D eigenvalue weighted by Gasteiger charge is 2.59. The summed E-state index contributed by atoms with van der Waals surface area (Å²) in [4.78, 5) is 20.4. The number of carbonyl (C=O) groups excluding carboxylic acids is 1. The van der Waals surface area contributed by atoms with Crippen molar-refractivity contribution < 1.29 is 15.0 Å². The number of aliphatic hydroxyl groups is 2.